The Labute approximate surface area is 68.2 Å². The first-order chi connectivity index (χ1) is 5.84. The van der Waals surface area contributed by atoms with Crippen LogP contribution in [0.1, 0.15) is 0 Å². The van der Waals surface area contributed by atoms with Crippen molar-refractivity contribution >= 4 is 18.6 Å². The number of nitrogens with two attached hydrogens (primary N) is 1. The Hall–Kier alpha value is -2.05. The zero-order valence-corrected chi connectivity index (χ0v) is 6.12. The van der Waals surface area contributed by atoms with E-state index in [-0.39, 0.29) is 5.96 Å². The van der Waals surface area contributed by atoms with Gasteiger partial charge in [0.15, 0.2) is 0 Å². The lowest BCUT2D eigenvalue weighted by atomic mass is 10.9. The maximum atomic E-state index is 7.27. The second-order valence-corrected chi connectivity index (χ2v) is 1.71. The lowest BCUT2D eigenvalue weighted by Gasteiger charge is -1.91. The highest BCUT2D eigenvalue weighted by atomic mass is 15.4. The van der Waals surface area contributed by atoms with E-state index in [2.05, 4.69) is 20.1 Å². The fourth-order valence-electron chi connectivity index (χ4n) is 0.503. The number of hydrogen-bond donors (Lipinski definition) is 2. The molecule has 1 heterocycles. The SMILES string of the molecule is N=C(N=CN=CN)n1cncn1. The molecule has 0 saturated carbocycles. The van der Waals surface area contributed by atoms with Crippen molar-refractivity contribution in [3.8, 4) is 0 Å². The van der Waals surface area contributed by atoms with Crippen molar-refractivity contribution in [2.45, 2.75) is 0 Å². The minimum Gasteiger partial charge on any atom is -0.390 e. The fraction of sp³-hybridized carbons (Fsp3) is 0. The molecule has 0 aliphatic carbocycles. The van der Waals surface area contributed by atoms with Gasteiger partial charge >= 0.3 is 0 Å². The molecule has 7 nitrogen and oxygen atoms in total. The van der Waals surface area contributed by atoms with Gasteiger partial charge in [0.05, 0.1) is 6.34 Å². The zero-order chi connectivity index (χ0) is 8.81. The Bertz CT molecular complexity index is 296. The van der Waals surface area contributed by atoms with Gasteiger partial charge in [-0.2, -0.15) is 14.8 Å². The maximum absolute atomic E-state index is 7.27. The van der Waals surface area contributed by atoms with Gasteiger partial charge in [-0.15, -0.1) is 0 Å². The predicted octanol–water partition coefficient (Wildman–Crippen LogP) is -0.924. The molecule has 1 aromatic heterocycles. The molecule has 3 N–H and O–H groups in total. The van der Waals surface area contributed by atoms with Gasteiger partial charge < -0.3 is 5.73 Å². The molecule has 1 rings (SSSR count). The van der Waals surface area contributed by atoms with Gasteiger partial charge in [-0.05, 0) is 0 Å². The molecule has 0 aromatic carbocycles. The highest BCUT2D eigenvalue weighted by Crippen LogP contribution is 1.80. The van der Waals surface area contributed by atoms with Crippen molar-refractivity contribution in [1.82, 2.24) is 14.8 Å². The van der Waals surface area contributed by atoms with Crippen molar-refractivity contribution in [3.05, 3.63) is 12.7 Å². The van der Waals surface area contributed by atoms with Crippen LogP contribution in [0.2, 0.25) is 0 Å². The molecule has 0 aliphatic heterocycles. The molecule has 0 atom stereocenters. The Morgan fingerprint density at radius 1 is 1.67 bits per heavy atom. The van der Waals surface area contributed by atoms with Crippen LogP contribution >= 0.6 is 0 Å². The first-order valence-corrected chi connectivity index (χ1v) is 3.04. The second-order valence-electron chi connectivity index (χ2n) is 1.71. The molecule has 0 unspecified atom stereocenters. The number of hydrogen-bond acceptors (Lipinski definition) is 3. The van der Waals surface area contributed by atoms with Gasteiger partial charge in [-0.3, -0.25) is 5.41 Å². The van der Waals surface area contributed by atoms with Crippen molar-refractivity contribution < 1.29 is 0 Å². The summed E-state index contributed by atoms with van der Waals surface area (Å²) in [5.41, 5.74) is 4.95. The molecular formula is C5H7N7. The monoisotopic (exact) mass is 165 g/mol. The van der Waals surface area contributed by atoms with Crippen LogP contribution in [0.5, 0.6) is 0 Å². The number of rotatable bonds is 1. The molecule has 1 aromatic rings. The summed E-state index contributed by atoms with van der Waals surface area (Å²) in [6.07, 6.45) is 4.92. The van der Waals surface area contributed by atoms with E-state index in [4.69, 9.17) is 11.1 Å². The summed E-state index contributed by atoms with van der Waals surface area (Å²) < 4.78 is 1.20. The van der Waals surface area contributed by atoms with Crippen LogP contribution in [-0.2, 0) is 0 Å². The van der Waals surface area contributed by atoms with E-state index in [1.54, 1.807) is 0 Å². The van der Waals surface area contributed by atoms with Gasteiger partial charge in [0, 0.05) is 0 Å². The van der Waals surface area contributed by atoms with Crippen molar-refractivity contribution in [2.24, 2.45) is 15.7 Å². The topological polar surface area (TPSA) is 105 Å². The van der Waals surface area contributed by atoms with Crippen molar-refractivity contribution in [2.75, 3.05) is 0 Å². The summed E-state index contributed by atoms with van der Waals surface area (Å²) in [5.74, 6) is -0.0712. The molecule has 12 heavy (non-hydrogen) atoms. The highest BCUT2D eigenvalue weighted by Gasteiger charge is 1.94. The molecule has 62 valence electrons. The van der Waals surface area contributed by atoms with Gasteiger partial charge in [0.25, 0.3) is 0 Å². The van der Waals surface area contributed by atoms with E-state index in [1.165, 1.54) is 17.3 Å². The quantitative estimate of drug-likeness (QED) is 0.415. The van der Waals surface area contributed by atoms with Gasteiger partial charge in [-0.25, -0.2) is 9.98 Å². The number of aromatic nitrogens is 3. The Morgan fingerprint density at radius 3 is 3.08 bits per heavy atom. The third-order valence-corrected chi connectivity index (χ3v) is 0.969. The standard InChI is InChI=1S/C5H7N7/c6-1-8-2-10-5(7)12-4-9-3-11-12/h1-4H,(H3,6,7,8,10). The van der Waals surface area contributed by atoms with Gasteiger partial charge in [-0.1, -0.05) is 0 Å². The summed E-state index contributed by atoms with van der Waals surface area (Å²) in [6, 6.07) is 0. The minimum absolute atomic E-state index is 0.0712. The summed E-state index contributed by atoms with van der Waals surface area (Å²) in [5, 5.41) is 11.0. The molecule has 0 fully saturated rings. The average molecular weight is 165 g/mol. The van der Waals surface area contributed by atoms with Gasteiger partial charge in [0.1, 0.15) is 19.0 Å². The van der Waals surface area contributed by atoms with Crippen LogP contribution in [0.25, 0.3) is 0 Å². The molecular weight excluding hydrogens is 158 g/mol. The van der Waals surface area contributed by atoms with Crippen LogP contribution in [0.15, 0.2) is 22.6 Å². The van der Waals surface area contributed by atoms with Crippen molar-refractivity contribution in [3.63, 3.8) is 0 Å². The second kappa shape index (κ2) is 3.96. The molecule has 0 saturated heterocycles. The molecule has 7 heteroatoms. The van der Waals surface area contributed by atoms with E-state index in [0.717, 1.165) is 12.7 Å². The number of nitrogens with zero attached hydrogens (tertiary/aromatic N) is 5. The van der Waals surface area contributed by atoms with E-state index in [0.29, 0.717) is 0 Å². The lowest BCUT2D eigenvalue weighted by molar-refractivity contribution is 0.911. The van der Waals surface area contributed by atoms with E-state index < -0.39 is 0 Å². The molecule has 0 aliphatic rings. The van der Waals surface area contributed by atoms with E-state index in [1.807, 2.05) is 0 Å². The van der Waals surface area contributed by atoms with E-state index in [9.17, 15) is 0 Å². The van der Waals surface area contributed by atoms with Crippen LogP contribution < -0.4 is 5.73 Å². The van der Waals surface area contributed by atoms with Crippen LogP contribution in [0.3, 0.4) is 0 Å². The first-order valence-electron chi connectivity index (χ1n) is 3.04. The summed E-state index contributed by atoms with van der Waals surface area (Å²) in [4.78, 5) is 10.7. The fourth-order valence-corrected chi connectivity index (χ4v) is 0.503. The Kier molecular flexibility index (Phi) is 2.66. The van der Waals surface area contributed by atoms with Crippen LogP contribution in [0.4, 0.5) is 0 Å². The molecule has 0 amide bonds. The third kappa shape index (κ3) is 1.97. The van der Waals surface area contributed by atoms with Crippen molar-refractivity contribution in [1.29, 1.82) is 5.41 Å². The van der Waals surface area contributed by atoms with Crippen LogP contribution in [-0.4, -0.2) is 33.4 Å². The summed E-state index contributed by atoms with van der Waals surface area (Å²) in [6.45, 7) is 0. The number of nitrogens with one attached hydrogen (secondary N) is 1. The highest BCUT2D eigenvalue weighted by molar-refractivity contribution is 5.87. The Balaban J connectivity index is 2.61. The normalized spacial score (nSPS) is 11.3. The first kappa shape index (κ1) is 8.05. The molecule has 0 radical (unpaired) electrons. The zero-order valence-electron chi connectivity index (χ0n) is 6.12. The smallest absolute Gasteiger partial charge is 0.245 e. The molecule has 0 bridgehead atoms. The average Bonchev–Trinajstić information content (AvgIpc) is 2.56. The third-order valence-electron chi connectivity index (χ3n) is 0.969. The maximum Gasteiger partial charge on any atom is 0.245 e. The summed E-state index contributed by atoms with van der Waals surface area (Å²) in [7, 11) is 0. The summed E-state index contributed by atoms with van der Waals surface area (Å²) >= 11 is 0. The Morgan fingerprint density at radius 2 is 2.50 bits per heavy atom. The van der Waals surface area contributed by atoms with Gasteiger partial charge in [0.2, 0.25) is 5.96 Å². The lowest BCUT2D eigenvalue weighted by Crippen LogP contribution is -2.07. The minimum atomic E-state index is -0.0712. The molecule has 0 spiro atoms. The van der Waals surface area contributed by atoms with Crippen LogP contribution in [0, 0.1) is 5.41 Å². The largest absolute Gasteiger partial charge is 0.390 e. The number of aliphatic imine (C=N–C) groups is 2. The predicted molar refractivity (Wildman–Crippen MR) is 44.3 cm³/mol. The van der Waals surface area contributed by atoms with E-state index >= 15 is 0 Å².